The SMILES string of the molecule is N#CCCCCCCCCOCCC1CCCCO1. The Hall–Kier alpha value is -0.590. The van der Waals surface area contributed by atoms with Gasteiger partial charge in [-0.2, -0.15) is 5.26 Å². The summed E-state index contributed by atoms with van der Waals surface area (Å²) in [6.07, 6.45) is 13.2. The zero-order valence-corrected chi connectivity index (χ0v) is 12.2. The maximum absolute atomic E-state index is 8.41. The number of unbranched alkanes of at least 4 members (excludes halogenated alkanes) is 6. The molecule has 0 aromatic rings. The van der Waals surface area contributed by atoms with Crippen molar-refractivity contribution in [2.24, 2.45) is 0 Å². The summed E-state index contributed by atoms with van der Waals surface area (Å²) in [6.45, 7) is 2.69. The number of rotatable bonds is 11. The van der Waals surface area contributed by atoms with Crippen molar-refractivity contribution in [1.82, 2.24) is 0 Å². The number of hydrogen-bond donors (Lipinski definition) is 0. The van der Waals surface area contributed by atoms with Gasteiger partial charge in [0.25, 0.3) is 0 Å². The highest BCUT2D eigenvalue weighted by atomic mass is 16.5. The van der Waals surface area contributed by atoms with Crippen molar-refractivity contribution in [1.29, 1.82) is 5.26 Å². The molecule has 19 heavy (non-hydrogen) atoms. The maximum Gasteiger partial charge on any atom is 0.0621 e. The molecule has 0 aromatic heterocycles. The Morgan fingerprint density at radius 1 is 1.00 bits per heavy atom. The van der Waals surface area contributed by atoms with Gasteiger partial charge in [-0.25, -0.2) is 0 Å². The van der Waals surface area contributed by atoms with Crippen molar-refractivity contribution in [3.05, 3.63) is 0 Å². The molecular weight excluding hydrogens is 238 g/mol. The third kappa shape index (κ3) is 9.92. The fourth-order valence-corrected chi connectivity index (χ4v) is 2.47. The van der Waals surface area contributed by atoms with Gasteiger partial charge in [-0.3, -0.25) is 0 Å². The molecular formula is C16H29NO2. The van der Waals surface area contributed by atoms with Gasteiger partial charge in [0.1, 0.15) is 0 Å². The fourth-order valence-electron chi connectivity index (χ4n) is 2.47. The summed E-state index contributed by atoms with van der Waals surface area (Å²) in [5, 5.41) is 8.41. The molecule has 1 saturated heterocycles. The monoisotopic (exact) mass is 267 g/mol. The molecule has 1 aliphatic heterocycles. The zero-order valence-electron chi connectivity index (χ0n) is 12.2. The second-order valence-electron chi connectivity index (χ2n) is 5.42. The van der Waals surface area contributed by atoms with Gasteiger partial charge >= 0.3 is 0 Å². The van der Waals surface area contributed by atoms with Crippen molar-refractivity contribution in [2.75, 3.05) is 19.8 Å². The molecule has 1 rings (SSSR count). The highest BCUT2D eigenvalue weighted by Gasteiger charge is 2.12. The standard InChI is InChI=1S/C16H29NO2/c17-12-7-4-2-1-3-5-8-13-18-15-11-16-10-6-9-14-19-16/h16H,1-11,13-15H2. The van der Waals surface area contributed by atoms with Crippen LogP contribution in [0.5, 0.6) is 0 Å². The average Bonchev–Trinajstić information content (AvgIpc) is 2.46. The minimum atomic E-state index is 0.453. The lowest BCUT2D eigenvalue weighted by atomic mass is 10.1. The van der Waals surface area contributed by atoms with Crippen LogP contribution >= 0.6 is 0 Å². The van der Waals surface area contributed by atoms with E-state index in [4.69, 9.17) is 14.7 Å². The van der Waals surface area contributed by atoms with E-state index in [1.807, 2.05) is 0 Å². The highest BCUT2D eigenvalue weighted by molar-refractivity contribution is 4.67. The Morgan fingerprint density at radius 2 is 1.79 bits per heavy atom. The summed E-state index contributed by atoms with van der Waals surface area (Å²) >= 11 is 0. The molecule has 0 amide bonds. The summed E-state index contributed by atoms with van der Waals surface area (Å²) < 4.78 is 11.3. The number of hydrogen-bond acceptors (Lipinski definition) is 3. The van der Waals surface area contributed by atoms with E-state index < -0.39 is 0 Å². The van der Waals surface area contributed by atoms with Gasteiger partial charge < -0.3 is 9.47 Å². The molecule has 3 heteroatoms. The van der Waals surface area contributed by atoms with Gasteiger partial charge in [-0.05, 0) is 38.5 Å². The van der Waals surface area contributed by atoms with Gasteiger partial charge in [0.2, 0.25) is 0 Å². The van der Waals surface area contributed by atoms with Crippen LogP contribution in [0.15, 0.2) is 0 Å². The molecule has 0 spiro atoms. The molecule has 1 fully saturated rings. The lowest BCUT2D eigenvalue weighted by Crippen LogP contribution is -2.20. The second kappa shape index (κ2) is 12.4. The van der Waals surface area contributed by atoms with E-state index in [0.717, 1.165) is 32.7 Å². The Kier molecular flexibility index (Phi) is 10.8. The molecule has 1 aliphatic rings. The molecule has 3 nitrogen and oxygen atoms in total. The molecule has 0 aromatic carbocycles. The molecule has 0 N–H and O–H groups in total. The van der Waals surface area contributed by atoms with E-state index in [9.17, 15) is 0 Å². The van der Waals surface area contributed by atoms with E-state index in [0.29, 0.717) is 12.5 Å². The Bertz CT molecular complexity index is 231. The minimum Gasteiger partial charge on any atom is -0.381 e. The highest BCUT2D eigenvalue weighted by Crippen LogP contribution is 2.15. The van der Waals surface area contributed by atoms with Crippen molar-refractivity contribution < 1.29 is 9.47 Å². The maximum atomic E-state index is 8.41. The van der Waals surface area contributed by atoms with Crippen molar-refractivity contribution in [3.63, 3.8) is 0 Å². The Morgan fingerprint density at radius 3 is 2.53 bits per heavy atom. The van der Waals surface area contributed by atoms with Crippen LogP contribution in [0.4, 0.5) is 0 Å². The van der Waals surface area contributed by atoms with Gasteiger partial charge in [0.15, 0.2) is 0 Å². The van der Waals surface area contributed by atoms with Gasteiger partial charge in [-0.1, -0.05) is 25.7 Å². The predicted octanol–water partition coefficient (Wildman–Crippen LogP) is 4.22. The lowest BCUT2D eigenvalue weighted by Gasteiger charge is -2.22. The van der Waals surface area contributed by atoms with Crippen molar-refractivity contribution in [2.45, 2.75) is 76.7 Å². The normalized spacial score (nSPS) is 19.2. The van der Waals surface area contributed by atoms with E-state index in [1.54, 1.807) is 0 Å². The van der Waals surface area contributed by atoms with Crippen LogP contribution in [0.1, 0.15) is 70.6 Å². The summed E-state index contributed by atoms with van der Waals surface area (Å²) in [5.41, 5.74) is 0. The van der Waals surface area contributed by atoms with Crippen LogP contribution in [-0.2, 0) is 9.47 Å². The largest absolute Gasteiger partial charge is 0.381 e. The summed E-state index contributed by atoms with van der Waals surface area (Å²) in [4.78, 5) is 0. The number of nitrogens with zero attached hydrogens (tertiary/aromatic N) is 1. The zero-order chi connectivity index (χ0) is 13.6. The van der Waals surface area contributed by atoms with Gasteiger partial charge in [0.05, 0.1) is 12.2 Å². The first-order chi connectivity index (χ1) is 9.43. The number of nitriles is 1. The topological polar surface area (TPSA) is 42.2 Å². The third-order valence-corrected chi connectivity index (χ3v) is 3.69. The quantitative estimate of drug-likeness (QED) is 0.526. The van der Waals surface area contributed by atoms with Crippen LogP contribution in [0.25, 0.3) is 0 Å². The molecule has 1 unspecified atom stereocenters. The third-order valence-electron chi connectivity index (χ3n) is 3.69. The van der Waals surface area contributed by atoms with Crippen molar-refractivity contribution in [3.8, 4) is 6.07 Å². The first-order valence-electron chi connectivity index (χ1n) is 8.00. The Balaban J connectivity index is 1.72. The van der Waals surface area contributed by atoms with E-state index in [2.05, 4.69) is 6.07 Å². The molecule has 0 aliphatic carbocycles. The van der Waals surface area contributed by atoms with Gasteiger partial charge in [-0.15, -0.1) is 0 Å². The van der Waals surface area contributed by atoms with E-state index in [-0.39, 0.29) is 0 Å². The van der Waals surface area contributed by atoms with Crippen LogP contribution in [0.2, 0.25) is 0 Å². The van der Waals surface area contributed by atoms with Crippen LogP contribution < -0.4 is 0 Å². The van der Waals surface area contributed by atoms with Crippen molar-refractivity contribution >= 4 is 0 Å². The second-order valence-corrected chi connectivity index (χ2v) is 5.42. The van der Waals surface area contributed by atoms with E-state index in [1.165, 1.54) is 51.4 Å². The molecule has 1 atom stereocenters. The van der Waals surface area contributed by atoms with Crippen LogP contribution in [0, 0.1) is 11.3 Å². The summed E-state index contributed by atoms with van der Waals surface area (Å²) in [7, 11) is 0. The number of ether oxygens (including phenoxy) is 2. The van der Waals surface area contributed by atoms with Gasteiger partial charge in [0, 0.05) is 26.2 Å². The Labute approximate surface area is 118 Å². The average molecular weight is 267 g/mol. The molecule has 0 radical (unpaired) electrons. The first-order valence-corrected chi connectivity index (χ1v) is 8.00. The lowest BCUT2D eigenvalue weighted by molar-refractivity contribution is -0.00783. The minimum absolute atomic E-state index is 0.453. The molecule has 0 saturated carbocycles. The smallest absolute Gasteiger partial charge is 0.0621 e. The summed E-state index contributed by atoms with van der Waals surface area (Å²) in [6, 6.07) is 2.19. The predicted molar refractivity (Wildman–Crippen MR) is 77.0 cm³/mol. The van der Waals surface area contributed by atoms with Crippen LogP contribution in [0.3, 0.4) is 0 Å². The fraction of sp³-hybridized carbons (Fsp3) is 0.938. The molecule has 1 heterocycles. The summed E-state index contributed by atoms with van der Waals surface area (Å²) in [5.74, 6) is 0. The van der Waals surface area contributed by atoms with E-state index >= 15 is 0 Å². The van der Waals surface area contributed by atoms with Crippen LogP contribution in [-0.4, -0.2) is 25.9 Å². The first kappa shape index (κ1) is 16.5. The molecule has 0 bridgehead atoms. The molecule has 110 valence electrons.